The summed E-state index contributed by atoms with van der Waals surface area (Å²) in [4.78, 5) is 0.324. The molecule has 1 saturated carbocycles. The lowest BCUT2D eigenvalue weighted by Gasteiger charge is -2.10. The van der Waals surface area contributed by atoms with Gasteiger partial charge in [-0.05, 0) is 31.0 Å². The van der Waals surface area contributed by atoms with Crippen molar-refractivity contribution in [1.82, 2.24) is 9.78 Å². The molecule has 6 heteroatoms. The molecule has 1 N–H and O–H groups in total. The smallest absolute Gasteiger partial charge is 0.177 e. The number of anilines is 1. The molecule has 5 nitrogen and oxygen atoms in total. The first-order valence-electron chi connectivity index (χ1n) is 7.61. The zero-order chi connectivity index (χ0) is 15.6. The molecular formula is C16H21N3O2S. The molecule has 1 aromatic carbocycles. The second kappa shape index (κ2) is 6.12. The number of nitrogens with zero attached hydrogens (tertiary/aromatic N) is 2. The highest BCUT2D eigenvalue weighted by Crippen LogP contribution is 2.28. The summed E-state index contributed by atoms with van der Waals surface area (Å²) in [5, 5.41) is 7.79. The summed E-state index contributed by atoms with van der Waals surface area (Å²) in [5.41, 5.74) is 1.55. The third-order valence-corrected chi connectivity index (χ3v) is 5.26. The van der Waals surface area contributed by atoms with Gasteiger partial charge in [-0.2, -0.15) is 5.10 Å². The Morgan fingerprint density at radius 1 is 1.23 bits per heavy atom. The molecule has 0 aliphatic heterocycles. The van der Waals surface area contributed by atoms with Crippen LogP contribution in [0.25, 0.3) is 0 Å². The van der Waals surface area contributed by atoms with Crippen LogP contribution in [0.15, 0.2) is 41.4 Å². The molecule has 118 valence electrons. The molecule has 0 atom stereocenters. The predicted octanol–water partition coefficient (Wildman–Crippen LogP) is 3.01. The lowest BCUT2D eigenvalue weighted by atomic mass is 10.3. The SMILES string of the molecule is CS(=O)(=O)c1ccccc1NCc1ccn(C2CCCC2)n1. The van der Waals surface area contributed by atoms with Gasteiger partial charge in [-0.25, -0.2) is 8.42 Å². The minimum Gasteiger partial charge on any atom is -0.378 e. The minimum atomic E-state index is -3.23. The van der Waals surface area contributed by atoms with Gasteiger partial charge < -0.3 is 5.32 Å². The van der Waals surface area contributed by atoms with Gasteiger partial charge in [0.25, 0.3) is 0 Å². The van der Waals surface area contributed by atoms with Crippen molar-refractivity contribution in [3.8, 4) is 0 Å². The van der Waals surface area contributed by atoms with Crippen LogP contribution in [0.4, 0.5) is 5.69 Å². The molecule has 3 rings (SSSR count). The lowest BCUT2D eigenvalue weighted by Crippen LogP contribution is -2.08. The zero-order valence-corrected chi connectivity index (χ0v) is 13.5. The maximum absolute atomic E-state index is 11.8. The van der Waals surface area contributed by atoms with E-state index in [9.17, 15) is 8.42 Å². The van der Waals surface area contributed by atoms with E-state index in [0.717, 1.165) is 5.69 Å². The molecule has 1 fully saturated rings. The first-order chi connectivity index (χ1) is 10.5. The van der Waals surface area contributed by atoms with Gasteiger partial charge in [0.2, 0.25) is 0 Å². The van der Waals surface area contributed by atoms with E-state index in [1.165, 1.54) is 31.9 Å². The lowest BCUT2D eigenvalue weighted by molar-refractivity contribution is 0.463. The van der Waals surface area contributed by atoms with Crippen LogP contribution in [-0.2, 0) is 16.4 Å². The van der Waals surface area contributed by atoms with E-state index in [4.69, 9.17) is 0 Å². The molecule has 22 heavy (non-hydrogen) atoms. The Labute approximate surface area is 131 Å². The van der Waals surface area contributed by atoms with Crippen LogP contribution in [0.1, 0.15) is 37.4 Å². The van der Waals surface area contributed by atoms with E-state index in [-0.39, 0.29) is 0 Å². The van der Waals surface area contributed by atoms with Gasteiger partial charge in [0.1, 0.15) is 0 Å². The Balaban J connectivity index is 1.71. The summed E-state index contributed by atoms with van der Waals surface area (Å²) >= 11 is 0. The molecule has 1 heterocycles. The highest BCUT2D eigenvalue weighted by molar-refractivity contribution is 7.90. The molecule has 1 aliphatic carbocycles. The van der Waals surface area contributed by atoms with Crippen molar-refractivity contribution < 1.29 is 8.42 Å². The Morgan fingerprint density at radius 3 is 2.68 bits per heavy atom. The number of rotatable bonds is 5. The molecule has 1 aliphatic rings. The Hall–Kier alpha value is -1.82. The van der Waals surface area contributed by atoms with Gasteiger partial charge in [0.05, 0.1) is 28.9 Å². The van der Waals surface area contributed by atoms with Gasteiger partial charge >= 0.3 is 0 Å². The van der Waals surface area contributed by atoms with Crippen LogP contribution in [0.5, 0.6) is 0 Å². The van der Waals surface area contributed by atoms with Gasteiger partial charge in [-0.15, -0.1) is 0 Å². The van der Waals surface area contributed by atoms with Gasteiger partial charge in [-0.3, -0.25) is 4.68 Å². The van der Waals surface area contributed by atoms with Crippen LogP contribution < -0.4 is 5.32 Å². The molecular weight excluding hydrogens is 298 g/mol. The average Bonchev–Trinajstić information content (AvgIpc) is 3.15. The standard InChI is InChI=1S/C16H21N3O2S/c1-22(20,21)16-9-5-4-8-15(16)17-12-13-10-11-19(18-13)14-6-2-3-7-14/h4-5,8-11,14,17H,2-3,6-7,12H2,1H3. The first-order valence-corrected chi connectivity index (χ1v) is 9.50. The molecule has 2 aromatic rings. The van der Waals surface area contributed by atoms with Crippen LogP contribution >= 0.6 is 0 Å². The quantitative estimate of drug-likeness (QED) is 0.920. The van der Waals surface area contributed by atoms with Gasteiger partial charge in [0.15, 0.2) is 9.84 Å². The third kappa shape index (κ3) is 3.32. The Morgan fingerprint density at radius 2 is 1.95 bits per heavy atom. The molecule has 0 spiro atoms. The van der Waals surface area contributed by atoms with E-state index in [1.54, 1.807) is 18.2 Å². The van der Waals surface area contributed by atoms with Crippen LogP contribution in [0.2, 0.25) is 0 Å². The maximum Gasteiger partial charge on any atom is 0.177 e. The fourth-order valence-electron chi connectivity index (χ4n) is 2.97. The summed E-state index contributed by atoms with van der Waals surface area (Å²) in [6.07, 6.45) is 8.20. The Kier molecular flexibility index (Phi) is 4.20. The Bertz CT molecular complexity index is 746. The largest absolute Gasteiger partial charge is 0.378 e. The molecule has 0 amide bonds. The second-order valence-electron chi connectivity index (χ2n) is 5.85. The minimum absolute atomic E-state index is 0.324. The molecule has 0 radical (unpaired) electrons. The maximum atomic E-state index is 11.8. The number of sulfone groups is 1. The fraction of sp³-hybridized carbons (Fsp3) is 0.438. The topological polar surface area (TPSA) is 64.0 Å². The van der Waals surface area contributed by atoms with E-state index in [0.29, 0.717) is 23.2 Å². The molecule has 0 saturated heterocycles. The van der Waals surface area contributed by atoms with Crippen molar-refractivity contribution in [2.24, 2.45) is 0 Å². The van der Waals surface area contributed by atoms with Crippen molar-refractivity contribution in [3.63, 3.8) is 0 Å². The van der Waals surface area contributed by atoms with Crippen molar-refractivity contribution in [3.05, 3.63) is 42.2 Å². The highest BCUT2D eigenvalue weighted by atomic mass is 32.2. The van der Waals surface area contributed by atoms with E-state index < -0.39 is 9.84 Å². The summed E-state index contributed by atoms with van der Waals surface area (Å²) in [6.45, 7) is 0.520. The number of para-hydroxylation sites is 1. The van der Waals surface area contributed by atoms with E-state index in [1.807, 2.05) is 23.0 Å². The van der Waals surface area contributed by atoms with Crippen molar-refractivity contribution in [2.45, 2.75) is 43.2 Å². The summed E-state index contributed by atoms with van der Waals surface area (Å²) in [7, 11) is -3.23. The van der Waals surface area contributed by atoms with Crippen LogP contribution in [0.3, 0.4) is 0 Å². The van der Waals surface area contributed by atoms with E-state index >= 15 is 0 Å². The zero-order valence-electron chi connectivity index (χ0n) is 12.7. The fourth-order valence-corrected chi connectivity index (χ4v) is 3.83. The predicted molar refractivity (Wildman–Crippen MR) is 86.6 cm³/mol. The van der Waals surface area contributed by atoms with Crippen molar-refractivity contribution in [2.75, 3.05) is 11.6 Å². The number of hydrogen-bond acceptors (Lipinski definition) is 4. The number of hydrogen-bond donors (Lipinski definition) is 1. The summed E-state index contributed by atoms with van der Waals surface area (Å²) < 4.78 is 25.6. The number of benzene rings is 1. The monoisotopic (exact) mass is 319 g/mol. The van der Waals surface area contributed by atoms with E-state index in [2.05, 4.69) is 10.4 Å². The molecule has 0 unspecified atom stereocenters. The molecule has 0 bridgehead atoms. The number of nitrogens with one attached hydrogen (secondary N) is 1. The highest BCUT2D eigenvalue weighted by Gasteiger charge is 2.17. The average molecular weight is 319 g/mol. The van der Waals surface area contributed by atoms with Crippen LogP contribution in [0, 0.1) is 0 Å². The van der Waals surface area contributed by atoms with Crippen LogP contribution in [-0.4, -0.2) is 24.5 Å². The number of aromatic nitrogens is 2. The second-order valence-corrected chi connectivity index (χ2v) is 7.83. The molecule has 1 aromatic heterocycles. The summed E-state index contributed by atoms with van der Waals surface area (Å²) in [6, 6.07) is 9.48. The van der Waals surface area contributed by atoms with Crippen molar-refractivity contribution in [1.29, 1.82) is 0 Å². The van der Waals surface area contributed by atoms with Gasteiger partial charge in [-0.1, -0.05) is 25.0 Å². The third-order valence-electron chi connectivity index (χ3n) is 4.11. The summed E-state index contributed by atoms with van der Waals surface area (Å²) in [5.74, 6) is 0. The first kappa shape index (κ1) is 15.1. The van der Waals surface area contributed by atoms with Crippen molar-refractivity contribution >= 4 is 15.5 Å². The van der Waals surface area contributed by atoms with Gasteiger partial charge in [0, 0.05) is 12.5 Å². The normalized spacial score (nSPS) is 16.0.